The van der Waals surface area contributed by atoms with Crippen LogP contribution in [0.5, 0.6) is 17.5 Å². The van der Waals surface area contributed by atoms with Gasteiger partial charge in [-0.15, -0.1) is 0 Å². The molecular formula is C27H35N3O5. The summed E-state index contributed by atoms with van der Waals surface area (Å²) in [6.45, 7) is 4.48. The van der Waals surface area contributed by atoms with Gasteiger partial charge in [-0.3, -0.25) is 9.36 Å². The van der Waals surface area contributed by atoms with Gasteiger partial charge in [-0.2, -0.15) is 4.98 Å². The minimum atomic E-state index is -0.0350. The van der Waals surface area contributed by atoms with Crippen LogP contribution in [0.25, 0.3) is 11.0 Å². The van der Waals surface area contributed by atoms with Crippen LogP contribution in [0.15, 0.2) is 42.5 Å². The van der Waals surface area contributed by atoms with E-state index >= 15 is 0 Å². The number of nitrogens with one attached hydrogen (secondary N) is 1. The minimum absolute atomic E-state index is 0.0121. The molecule has 0 saturated heterocycles. The van der Waals surface area contributed by atoms with E-state index in [1.165, 1.54) is 6.92 Å². The number of imidazole rings is 1. The standard InChI is InChI=1S/C27H35N3O5/c1-18(28-19(2)31)16-33-21-10-12-22(13-11-21)35-27-29-26-24(30(27)3)14-23(15-25(26)32-4)34-17-20-8-6-5-7-9-20/h5-9,14-15,18,21-22H,10-13,16-17H2,1-4H3,(H,28,31)/t18-,21?,22?/m0/s1. The number of hydrogen-bond donors (Lipinski definition) is 1. The minimum Gasteiger partial charge on any atom is -0.494 e. The van der Waals surface area contributed by atoms with Gasteiger partial charge in [0, 0.05) is 32.1 Å². The summed E-state index contributed by atoms with van der Waals surface area (Å²) in [4.78, 5) is 15.9. The van der Waals surface area contributed by atoms with Crippen molar-refractivity contribution in [2.24, 2.45) is 7.05 Å². The summed E-state index contributed by atoms with van der Waals surface area (Å²) in [7, 11) is 3.59. The summed E-state index contributed by atoms with van der Waals surface area (Å²) in [5, 5.41) is 2.85. The Morgan fingerprint density at radius 3 is 2.54 bits per heavy atom. The second-order valence-electron chi connectivity index (χ2n) is 9.17. The molecule has 1 amide bonds. The second kappa shape index (κ2) is 11.4. The van der Waals surface area contributed by atoms with E-state index < -0.39 is 0 Å². The number of ether oxygens (including phenoxy) is 4. The fourth-order valence-electron chi connectivity index (χ4n) is 4.43. The molecule has 1 N–H and O–H groups in total. The van der Waals surface area contributed by atoms with Crippen LogP contribution in [0.4, 0.5) is 0 Å². The third kappa shape index (κ3) is 6.45. The molecule has 8 heteroatoms. The summed E-state index contributed by atoms with van der Waals surface area (Å²) in [6, 6.07) is 14.5. The number of aryl methyl sites for hydroxylation is 1. The second-order valence-corrected chi connectivity index (χ2v) is 9.17. The first kappa shape index (κ1) is 24.9. The Labute approximate surface area is 206 Å². The van der Waals surface area contributed by atoms with Gasteiger partial charge in [-0.1, -0.05) is 30.3 Å². The molecule has 0 bridgehead atoms. The zero-order chi connectivity index (χ0) is 24.8. The van der Waals surface area contributed by atoms with Crippen LogP contribution in [-0.4, -0.2) is 47.4 Å². The largest absolute Gasteiger partial charge is 0.494 e. The molecule has 0 aliphatic heterocycles. The molecule has 1 aliphatic rings. The maximum absolute atomic E-state index is 11.2. The normalized spacial score (nSPS) is 18.7. The number of carbonyl (C=O) groups is 1. The van der Waals surface area contributed by atoms with Crippen molar-refractivity contribution >= 4 is 16.9 Å². The maximum atomic E-state index is 11.2. The maximum Gasteiger partial charge on any atom is 0.297 e. The SMILES string of the molecule is COc1cc(OCc2ccccc2)cc2c1nc(OC1CCC(OC[C@H](C)NC(C)=O)CC1)n2C. The lowest BCUT2D eigenvalue weighted by atomic mass is 9.95. The van der Waals surface area contributed by atoms with E-state index in [2.05, 4.69) is 5.32 Å². The van der Waals surface area contributed by atoms with E-state index in [4.69, 9.17) is 23.9 Å². The number of aromatic nitrogens is 2. The molecule has 188 valence electrons. The molecule has 1 saturated carbocycles. The molecule has 1 atom stereocenters. The van der Waals surface area contributed by atoms with Crippen LogP contribution in [0.2, 0.25) is 0 Å². The van der Waals surface area contributed by atoms with Crippen molar-refractivity contribution < 1.29 is 23.7 Å². The highest BCUT2D eigenvalue weighted by atomic mass is 16.5. The Bertz CT molecular complexity index is 1120. The van der Waals surface area contributed by atoms with Gasteiger partial charge in [0.25, 0.3) is 6.01 Å². The van der Waals surface area contributed by atoms with Crippen LogP contribution < -0.4 is 19.5 Å². The first-order valence-electron chi connectivity index (χ1n) is 12.2. The van der Waals surface area contributed by atoms with Crippen LogP contribution in [0.1, 0.15) is 45.1 Å². The Morgan fingerprint density at radius 1 is 1.14 bits per heavy atom. The van der Waals surface area contributed by atoms with Gasteiger partial charge in [0.1, 0.15) is 24.0 Å². The first-order chi connectivity index (χ1) is 16.9. The quantitative estimate of drug-likeness (QED) is 0.462. The van der Waals surface area contributed by atoms with Crippen molar-refractivity contribution in [2.75, 3.05) is 13.7 Å². The molecule has 1 aromatic heterocycles. The van der Waals surface area contributed by atoms with Gasteiger partial charge in [0.2, 0.25) is 5.91 Å². The molecule has 1 fully saturated rings. The number of nitrogens with zero attached hydrogens (tertiary/aromatic N) is 2. The molecule has 2 aromatic carbocycles. The van der Waals surface area contributed by atoms with E-state index in [0.717, 1.165) is 48.0 Å². The third-order valence-electron chi connectivity index (χ3n) is 6.28. The van der Waals surface area contributed by atoms with Crippen molar-refractivity contribution in [3.05, 3.63) is 48.0 Å². The summed E-state index contributed by atoms with van der Waals surface area (Å²) >= 11 is 0. The number of hydrogen-bond acceptors (Lipinski definition) is 6. The third-order valence-corrected chi connectivity index (χ3v) is 6.28. The van der Waals surface area contributed by atoms with Crippen LogP contribution >= 0.6 is 0 Å². The highest BCUT2D eigenvalue weighted by Crippen LogP contribution is 2.34. The Kier molecular flexibility index (Phi) is 8.13. The smallest absolute Gasteiger partial charge is 0.297 e. The zero-order valence-electron chi connectivity index (χ0n) is 21.0. The molecular weight excluding hydrogens is 446 g/mol. The summed E-state index contributed by atoms with van der Waals surface area (Å²) in [5.74, 6) is 1.34. The summed E-state index contributed by atoms with van der Waals surface area (Å²) in [6.07, 6.45) is 3.90. The number of fused-ring (bicyclic) bond motifs is 1. The monoisotopic (exact) mass is 481 g/mol. The van der Waals surface area contributed by atoms with Crippen molar-refractivity contribution in [1.82, 2.24) is 14.9 Å². The molecule has 1 aliphatic carbocycles. The number of carbonyl (C=O) groups excluding carboxylic acids is 1. The van der Waals surface area contributed by atoms with Gasteiger partial charge in [-0.25, -0.2) is 0 Å². The summed E-state index contributed by atoms with van der Waals surface area (Å²) in [5.41, 5.74) is 2.75. The molecule has 0 unspecified atom stereocenters. The molecule has 3 aromatic rings. The lowest BCUT2D eigenvalue weighted by molar-refractivity contribution is -0.120. The molecule has 8 nitrogen and oxygen atoms in total. The van der Waals surface area contributed by atoms with E-state index in [0.29, 0.717) is 25.0 Å². The first-order valence-corrected chi connectivity index (χ1v) is 12.2. The van der Waals surface area contributed by atoms with Gasteiger partial charge in [0.15, 0.2) is 5.75 Å². The lowest BCUT2D eigenvalue weighted by Gasteiger charge is -2.29. The van der Waals surface area contributed by atoms with Crippen LogP contribution in [-0.2, 0) is 23.2 Å². The Hall–Kier alpha value is -3.26. The van der Waals surface area contributed by atoms with Gasteiger partial charge < -0.3 is 24.3 Å². The zero-order valence-corrected chi connectivity index (χ0v) is 21.0. The van der Waals surface area contributed by atoms with E-state index in [-0.39, 0.29) is 24.2 Å². The predicted octanol–water partition coefficient (Wildman–Crippen LogP) is 4.39. The fourth-order valence-corrected chi connectivity index (χ4v) is 4.43. The number of rotatable bonds is 10. The van der Waals surface area contributed by atoms with Crippen molar-refractivity contribution in [1.29, 1.82) is 0 Å². The Morgan fingerprint density at radius 2 is 1.86 bits per heavy atom. The van der Waals surface area contributed by atoms with Crippen LogP contribution in [0.3, 0.4) is 0 Å². The molecule has 35 heavy (non-hydrogen) atoms. The highest BCUT2D eigenvalue weighted by Gasteiger charge is 2.25. The highest BCUT2D eigenvalue weighted by molar-refractivity contribution is 5.85. The average molecular weight is 482 g/mol. The predicted molar refractivity (Wildman–Crippen MR) is 134 cm³/mol. The van der Waals surface area contributed by atoms with Crippen molar-refractivity contribution in [3.63, 3.8) is 0 Å². The van der Waals surface area contributed by atoms with E-state index in [9.17, 15) is 4.79 Å². The molecule has 4 rings (SSSR count). The number of benzene rings is 2. The van der Waals surface area contributed by atoms with Crippen molar-refractivity contribution in [2.45, 2.75) is 64.4 Å². The summed E-state index contributed by atoms with van der Waals surface area (Å²) < 4.78 is 25.9. The topological polar surface area (TPSA) is 83.8 Å². The van der Waals surface area contributed by atoms with Gasteiger partial charge in [0.05, 0.1) is 25.3 Å². The van der Waals surface area contributed by atoms with Gasteiger partial charge >= 0.3 is 0 Å². The number of methoxy groups -OCH3 is 1. The lowest BCUT2D eigenvalue weighted by Crippen LogP contribution is -2.37. The average Bonchev–Trinajstić information content (AvgIpc) is 3.17. The molecule has 0 radical (unpaired) electrons. The molecule has 0 spiro atoms. The Balaban J connectivity index is 1.37. The molecule has 1 heterocycles. The van der Waals surface area contributed by atoms with Crippen molar-refractivity contribution in [3.8, 4) is 17.5 Å². The fraction of sp³-hybridized carbons (Fsp3) is 0.481. The van der Waals surface area contributed by atoms with Crippen LogP contribution in [0, 0.1) is 0 Å². The van der Waals surface area contributed by atoms with Gasteiger partial charge in [-0.05, 0) is 38.2 Å². The van der Waals surface area contributed by atoms with E-state index in [1.807, 2.05) is 61.0 Å². The number of amides is 1. The van der Waals surface area contributed by atoms with E-state index in [1.54, 1.807) is 7.11 Å².